The molecule has 1 aliphatic heterocycles. The van der Waals surface area contributed by atoms with Crippen LogP contribution in [0.2, 0.25) is 0 Å². The highest BCUT2D eigenvalue weighted by molar-refractivity contribution is 5.84. The highest BCUT2D eigenvalue weighted by Crippen LogP contribution is 2.18. The second-order valence-corrected chi connectivity index (χ2v) is 4.87. The average Bonchev–Trinajstić information content (AvgIpc) is 2.87. The van der Waals surface area contributed by atoms with Crippen LogP contribution in [-0.2, 0) is 16.0 Å². The number of hydrogen-bond donors (Lipinski definition) is 0. The predicted molar refractivity (Wildman–Crippen MR) is 74.0 cm³/mol. The molecule has 2 aromatic rings. The van der Waals surface area contributed by atoms with Gasteiger partial charge in [-0.15, -0.1) is 0 Å². The highest BCUT2D eigenvalue weighted by atomic mass is 16.7. The summed E-state index contributed by atoms with van der Waals surface area (Å²) in [4.78, 5) is 0. The van der Waals surface area contributed by atoms with Crippen molar-refractivity contribution in [2.24, 2.45) is 0 Å². The van der Waals surface area contributed by atoms with E-state index >= 15 is 0 Å². The lowest BCUT2D eigenvalue weighted by Gasteiger charge is -2.22. The molecule has 1 aromatic carbocycles. The molecule has 3 rings (SSSR count). The third-order valence-corrected chi connectivity index (χ3v) is 3.51. The predicted octanol–water partition coefficient (Wildman–Crippen LogP) is 2.45. The highest BCUT2D eigenvalue weighted by Gasteiger charge is 2.14. The third kappa shape index (κ3) is 2.67. The van der Waals surface area contributed by atoms with Crippen LogP contribution in [0.15, 0.2) is 24.3 Å². The Labute approximate surface area is 117 Å². The zero-order valence-electron chi connectivity index (χ0n) is 11.3. The summed E-state index contributed by atoms with van der Waals surface area (Å²) < 4.78 is 13.1. The molecule has 1 saturated heterocycles. The van der Waals surface area contributed by atoms with Gasteiger partial charge in [-0.25, -0.2) is 0 Å². The van der Waals surface area contributed by atoms with Gasteiger partial charge in [0.2, 0.25) is 0 Å². The molecule has 0 N–H and O–H groups in total. The minimum Gasteiger partial charge on any atom is -0.353 e. The molecule has 104 valence electrons. The lowest BCUT2D eigenvalue weighted by atomic mass is 10.2. The van der Waals surface area contributed by atoms with Crippen LogP contribution in [0.4, 0.5) is 0 Å². The molecule has 0 unspecified atom stereocenters. The van der Waals surface area contributed by atoms with Crippen molar-refractivity contribution in [1.82, 2.24) is 9.78 Å². The summed E-state index contributed by atoms with van der Waals surface area (Å²) in [6.45, 7) is 1.96. The first kappa shape index (κ1) is 13.1. The first-order valence-corrected chi connectivity index (χ1v) is 6.97. The number of ether oxygens (including phenoxy) is 2. The summed E-state index contributed by atoms with van der Waals surface area (Å²) in [5.74, 6) is 0. The van der Waals surface area contributed by atoms with E-state index in [1.54, 1.807) is 0 Å². The van der Waals surface area contributed by atoms with Crippen LogP contribution >= 0.6 is 0 Å². The SMILES string of the molecule is N#Cc1nn(CCO[C@H]2CCCCO2)c2ccccc12. The molecule has 0 spiro atoms. The van der Waals surface area contributed by atoms with Crippen LogP contribution in [0.3, 0.4) is 0 Å². The first-order valence-electron chi connectivity index (χ1n) is 6.97. The maximum atomic E-state index is 9.10. The van der Waals surface area contributed by atoms with Crippen molar-refractivity contribution in [2.75, 3.05) is 13.2 Å². The molecule has 5 nitrogen and oxygen atoms in total. The molecular formula is C15H17N3O2. The van der Waals surface area contributed by atoms with E-state index < -0.39 is 0 Å². The molecule has 0 bridgehead atoms. The summed E-state index contributed by atoms with van der Waals surface area (Å²) in [6.07, 6.45) is 3.16. The summed E-state index contributed by atoms with van der Waals surface area (Å²) in [6, 6.07) is 9.89. The van der Waals surface area contributed by atoms with Crippen LogP contribution in [0, 0.1) is 11.3 Å². The topological polar surface area (TPSA) is 60.1 Å². The van der Waals surface area contributed by atoms with Gasteiger partial charge in [0.15, 0.2) is 12.0 Å². The van der Waals surface area contributed by atoms with Crippen LogP contribution in [0.1, 0.15) is 25.0 Å². The standard InChI is InChI=1S/C15H17N3O2/c16-11-13-12-5-1-2-6-14(12)18(17-13)8-10-20-15-7-3-4-9-19-15/h1-2,5-6,15H,3-4,7-10H2/t15-/m0/s1. The third-order valence-electron chi connectivity index (χ3n) is 3.51. The molecule has 1 atom stereocenters. The molecule has 0 aliphatic carbocycles. The normalized spacial score (nSPS) is 19.1. The van der Waals surface area contributed by atoms with Crippen LogP contribution < -0.4 is 0 Å². The van der Waals surface area contributed by atoms with Crippen molar-refractivity contribution in [3.63, 3.8) is 0 Å². The van der Waals surface area contributed by atoms with Gasteiger partial charge in [0.25, 0.3) is 0 Å². The Morgan fingerprint density at radius 3 is 3.10 bits per heavy atom. The van der Waals surface area contributed by atoms with Crippen LogP contribution in [0.5, 0.6) is 0 Å². The largest absolute Gasteiger partial charge is 0.353 e. The van der Waals surface area contributed by atoms with E-state index in [0.717, 1.165) is 36.8 Å². The molecule has 1 fully saturated rings. The van der Waals surface area contributed by atoms with Gasteiger partial charge in [0.1, 0.15) is 6.07 Å². The van der Waals surface area contributed by atoms with Gasteiger partial charge in [-0.3, -0.25) is 4.68 Å². The van der Waals surface area contributed by atoms with E-state index in [9.17, 15) is 0 Å². The summed E-state index contributed by atoms with van der Waals surface area (Å²) in [7, 11) is 0. The minimum absolute atomic E-state index is 0.0824. The van der Waals surface area contributed by atoms with E-state index in [4.69, 9.17) is 14.7 Å². The van der Waals surface area contributed by atoms with Crippen molar-refractivity contribution in [2.45, 2.75) is 32.1 Å². The number of aromatic nitrogens is 2. The summed E-state index contributed by atoms with van der Waals surface area (Å²) in [5, 5.41) is 14.3. The average molecular weight is 271 g/mol. The maximum absolute atomic E-state index is 9.10. The quantitative estimate of drug-likeness (QED) is 0.857. The monoisotopic (exact) mass is 271 g/mol. The molecule has 5 heteroatoms. The zero-order chi connectivity index (χ0) is 13.8. The lowest BCUT2D eigenvalue weighted by Crippen LogP contribution is -2.24. The summed E-state index contributed by atoms with van der Waals surface area (Å²) in [5.41, 5.74) is 1.44. The lowest BCUT2D eigenvalue weighted by molar-refractivity contribution is -0.163. The van der Waals surface area contributed by atoms with Gasteiger partial charge in [-0.2, -0.15) is 10.4 Å². The van der Waals surface area contributed by atoms with E-state index in [0.29, 0.717) is 18.8 Å². The van der Waals surface area contributed by atoms with E-state index in [2.05, 4.69) is 11.2 Å². The van der Waals surface area contributed by atoms with Gasteiger partial charge in [0.05, 0.1) is 18.7 Å². The number of hydrogen-bond acceptors (Lipinski definition) is 4. The van der Waals surface area contributed by atoms with Gasteiger partial charge in [-0.05, 0) is 31.4 Å². The number of benzene rings is 1. The molecule has 0 saturated carbocycles. The summed E-state index contributed by atoms with van der Waals surface area (Å²) >= 11 is 0. The number of fused-ring (bicyclic) bond motifs is 1. The van der Waals surface area contributed by atoms with E-state index in [1.807, 2.05) is 28.9 Å². The van der Waals surface area contributed by atoms with Gasteiger partial charge >= 0.3 is 0 Å². The van der Waals surface area contributed by atoms with Gasteiger partial charge < -0.3 is 9.47 Å². The Kier molecular flexibility index (Phi) is 3.95. The van der Waals surface area contributed by atoms with E-state index in [-0.39, 0.29) is 6.29 Å². The molecular weight excluding hydrogens is 254 g/mol. The Bertz CT molecular complexity index is 624. The van der Waals surface area contributed by atoms with Crippen molar-refractivity contribution < 1.29 is 9.47 Å². The number of rotatable bonds is 4. The minimum atomic E-state index is -0.0824. The second kappa shape index (κ2) is 6.04. The Morgan fingerprint density at radius 1 is 1.40 bits per heavy atom. The van der Waals surface area contributed by atoms with Crippen LogP contribution in [0.25, 0.3) is 10.9 Å². The van der Waals surface area contributed by atoms with Crippen molar-refractivity contribution in [1.29, 1.82) is 5.26 Å². The van der Waals surface area contributed by atoms with Crippen molar-refractivity contribution in [3.8, 4) is 6.07 Å². The van der Waals surface area contributed by atoms with E-state index in [1.165, 1.54) is 0 Å². The molecule has 0 radical (unpaired) electrons. The van der Waals surface area contributed by atoms with Crippen LogP contribution in [-0.4, -0.2) is 29.3 Å². The second-order valence-electron chi connectivity index (χ2n) is 4.87. The number of nitriles is 1. The smallest absolute Gasteiger partial charge is 0.170 e. The molecule has 1 aliphatic rings. The van der Waals surface area contributed by atoms with Gasteiger partial charge in [0, 0.05) is 12.0 Å². The fourth-order valence-electron chi connectivity index (χ4n) is 2.49. The Hall–Kier alpha value is -1.90. The maximum Gasteiger partial charge on any atom is 0.170 e. The first-order chi connectivity index (χ1) is 9.88. The molecule has 2 heterocycles. The fourth-order valence-corrected chi connectivity index (χ4v) is 2.49. The molecule has 1 aromatic heterocycles. The molecule has 0 amide bonds. The number of para-hydroxylation sites is 1. The zero-order valence-corrected chi connectivity index (χ0v) is 11.3. The van der Waals surface area contributed by atoms with Crippen molar-refractivity contribution >= 4 is 10.9 Å². The number of nitrogens with zero attached hydrogens (tertiary/aromatic N) is 3. The Morgan fingerprint density at radius 2 is 2.30 bits per heavy atom. The fraction of sp³-hybridized carbons (Fsp3) is 0.467. The van der Waals surface area contributed by atoms with Crippen molar-refractivity contribution in [3.05, 3.63) is 30.0 Å². The molecule has 20 heavy (non-hydrogen) atoms. The van der Waals surface area contributed by atoms with Gasteiger partial charge in [-0.1, -0.05) is 12.1 Å². The Balaban J connectivity index is 1.67.